The molecule has 3 rings (SSSR count). The first-order valence-electron chi connectivity index (χ1n) is 10.4. The van der Waals surface area contributed by atoms with E-state index in [1.807, 2.05) is 13.0 Å². The SMILES string of the molecule is CCOCCOCc1cccc(CNC(=O)C2CC3CCCC(C2)C3N)c1.Cl. The maximum atomic E-state index is 12.7. The molecule has 0 heterocycles. The molecule has 1 aromatic rings. The van der Waals surface area contributed by atoms with Gasteiger partial charge in [0.15, 0.2) is 0 Å². The molecule has 2 fully saturated rings. The predicted molar refractivity (Wildman–Crippen MR) is 113 cm³/mol. The topological polar surface area (TPSA) is 73.6 Å². The Bertz CT molecular complexity index is 599. The number of benzene rings is 1. The zero-order valence-corrected chi connectivity index (χ0v) is 17.7. The molecule has 1 amide bonds. The van der Waals surface area contributed by atoms with Crippen molar-refractivity contribution < 1.29 is 14.3 Å². The van der Waals surface area contributed by atoms with Crippen LogP contribution in [0.4, 0.5) is 0 Å². The molecule has 2 aliphatic carbocycles. The first-order valence-corrected chi connectivity index (χ1v) is 10.4. The highest BCUT2D eigenvalue weighted by Gasteiger charge is 2.40. The molecule has 2 atom stereocenters. The number of nitrogens with one attached hydrogen (secondary N) is 1. The summed E-state index contributed by atoms with van der Waals surface area (Å²) in [5.74, 6) is 1.39. The van der Waals surface area contributed by atoms with Crippen molar-refractivity contribution in [3.05, 3.63) is 35.4 Å². The van der Waals surface area contributed by atoms with Crippen molar-refractivity contribution in [3.8, 4) is 0 Å². The second-order valence-corrected chi connectivity index (χ2v) is 7.98. The molecule has 158 valence electrons. The van der Waals surface area contributed by atoms with E-state index in [9.17, 15) is 4.79 Å². The lowest BCUT2D eigenvalue weighted by atomic mass is 9.65. The van der Waals surface area contributed by atoms with Crippen LogP contribution in [0.25, 0.3) is 0 Å². The van der Waals surface area contributed by atoms with Crippen molar-refractivity contribution in [2.45, 2.75) is 58.2 Å². The lowest BCUT2D eigenvalue weighted by Crippen LogP contribution is -2.49. The van der Waals surface area contributed by atoms with Crippen LogP contribution in [-0.2, 0) is 27.4 Å². The minimum atomic E-state index is 0. The van der Waals surface area contributed by atoms with Gasteiger partial charge in [-0.2, -0.15) is 0 Å². The summed E-state index contributed by atoms with van der Waals surface area (Å²) in [5.41, 5.74) is 8.58. The van der Waals surface area contributed by atoms with Crippen molar-refractivity contribution in [2.75, 3.05) is 19.8 Å². The Hall–Kier alpha value is -1.14. The number of fused-ring (bicyclic) bond motifs is 2. The van der Waals surface area contributed by atoms with E-state index >= 15 is 0 Å². The number of nitrogens with two attached hydrogens (primary N) is 1. The van der Waals surface area contributed by atoms with Gasteiger partial charge in [0.1, 0.15) is 0 Å². The second kappa shape index (κ2) is 11.8. The van der Waals surface area contributed by atoms with Crippen LogP contribution in [0.5, 0.6) is 0 Å². The Balaban J connectivity index is 0.00000280. The third kappa shape index (κ3) is 6.45. The van der Waals surface area contributed by atoms with E-state index in [2.05, 4.69) is 23.5 Å². The summed E-state index contributed by atoms with van der Waals surface area (Å²) in [6.07, 6.45) is 5.56. The standard InChI is InChI=1S/C22H34N2O3.ClH/c1-2-26-9-10-27-15-17-6-3-5-16(11-17)14-24-22(25)20-12-18-7-4-8-19(13-20)21(18)23;/h3,5-6,11,18-21H,2,4,7-10,12-15,23H2,1H3,(H,24,25);1H. The Kier molecular flexibility index (Phi) is 9.72. The summed E-state index contributed by atoms with van der Waals surface area (Å²) in [4.78, 5) is 12.7. The fraction of sp³-hybridized carbons (Fsp3) is 0.682. The molecule has 2 unspecified atom stereocenters. The van der Waals surface area contributed by atoms with Crippen LogP contribution in [0.2, 0.25) is 0 Å². The van der Waals surface area contributed by atoms with Crippen LogP contribution < -0.4 is 11.1 Å². The summed E-state index contributed by atoms with van der Waals surface area (Å²) in [7, 11) is 0. The summed E-state index contributed by atoms with van der Waals surface area (Å²) in [6, 6.07) is 8.53. The highest BCUT2D eigenvalue weighted by molar-refractivity contribution is 5.85. The second-order valence-electron chi connectivity index (χ2n) is 7.98. The van der Waals surface area contributed by atoms with Gasteiger partial charge in [0, 0.05) is 25.1 Å². The Morgan fingerprint density at radius 1 is 1.14 bits per heavy atom. The third-order valence-electron chi connectivity index (χ3n) is 6.09. The van der Waals surface area contributed by atoms with E-state index in [0.717, 1.165) is 24.0 Å². The number of ether oxygens (including phenoxy) is 2. The molecule has 0 radical (unpaired) electrons. The molecule has 0 aromatic heterocycles. The average molecular weight is 411 g/mol. The van der Waals surface area contributed by atoms with Gasteiger partial charge in [0.25, 0.3) is 0 Å². The van der Waals surface area contributed by atoms with Crippen LogP contribution in [0.15, 0.2) is 24.3 Å². The van der Waals surface area contributed by atoms with E-state index in [1.165, 1.54) is 19.3 Å². The van der Waals surface area contributed by atoms with Crippen LogP contribution in [0, 0.1) is 17.8 Å². The molecule has 2 saturated carbocycles. The molecule has 0 saturated heterocycles. The van der Waals surface area contributed by atoms with E-state index < -0.39 is 0 Å². The first kappa shape index (κ1) is 23.1. The van der Waals surface area contributed by atoms with Crippen molar-refractivity contribution in [1.29, 1.82) is 0 Å². The quantitative estimate of drug-likeness (QED) is 0.611. The molecule has 2 bridgehead atoms. The Morgan fingerprint density at radius 3 is 2.54 bits per heavy atom. The maximum Gasteiger partial charge on any atom is 0.223 e. The number of rotatable bonds is 9. The molecular formula is C22H35ClN2O3. The van der Waals surface area contributed by atoms with Crippen LogP contribution in [-0.4, -0.2) is 31.8 Å². The van der Waals surface area contributed by atoms with E-state index in [-0.39, 0.29) is 24.2 Å². The van der Waals surface area contributed by atoms with Gasteiger partial charge in [-0.3, -0.25) is 4.79 Å². The lowest BCUT2D eigenvalue weighted by Gasteiger charge is -2.43. The maximum absolute atomic E-state index is 12.7. The molecular weight excluding hydrogens is 376 g/mol. The van der Waals surface area contributed by atoms with Crippen molar-refractivity contribution >= 4 is 18.3 Å². The molecule has 5 nitrogen and oxygen atoms in total. The third-order valence-corrected chi connectivity index (χ3v) is 6.09. The summed E-state index contributed by atoms with van der Waals surface area (Å²) in [6.45, 7) is 5.06. The molecule has 28 heavy (non-hydrogen) atoms. The molecule has 0 spiro atoms. The van der Waals surface area contributed by atoms with Crippen molar-refractivity contribution in [3.63, 3.8) is 0 Å². The smallest absolute Gasteiger partial charge is 0.223 e. The number of halogens is 1. The van der Waals surface area contributed by atoms with Gasteiger partial charge in [-0.05, 0) is 55.6 Å². The number of amides is 1. The van der Waals surface area contributed by atoms with Crippen LogP contribution >= 0.6 is 12.4 Å². The summed E-state index contributed by atoms with van der Waals surface area (Å²) in [5, 5.41) is 3.14. The zero-order valence-electron chi connectivity index (χ0n) is 16.9. The van der Waals surface area contributed by atoms with E-state index in [4.69, 9.17) is 15.2 Å². The minimum absolute atomic E-state index is 0. The molecule has 6 heteroatoms. The average Bonchev–Trinajstić information content (AvgIpc) is 2.66. The van der Waals surface area contributed by atoms with E-state index in [0.29, 0.717) is 50.8 Å². The van der Waals surface area contributed by atoms with Gasteiger partial charge in [0.05, 0.1) is 19.8 Å². The fourth-order valence-corrected chi connectivity index (χ4v) is 4.62. The molecule has 2 aliphatic rings. The highest BCUT2D eigenvalue weighted by Crippen LogP contribution is 2.41. The largest absolute Gasteiger partial charge is 0.379 e. The van der Waals surface area contributed by atoms with Crippen molar-refractivity contribution in [2.24, 2.45) is 23.5 Å². The Morgan fingerprint density at radius 2 is 1.82 bits per heavy atom. The van der Waals surface area contributed by atoms with E-state index in [1.54, 1.807) is 0 Å². The summed E-state index contributed by atoms with van der Waals surface area (Å²) >= 11 is 0. The lowest BCUT2D eigenvalue weighted by molar-refractivity contribution is -0.128. The number of carbonyl (C=O) groups is 1. The molecule has 0 aliphatic heterocycles. The normalized spacial score (nSPS) is 26.4. The van der Waals surface area contributed by atoms with Gasteiger partial charge in [-0.15, -0.1) is 12.4 Å². The van der Waals surface area contributed by atoms with Gasteiger partial charge < -0.3 is 20.5 Å². The monoisotopic (exact) mass is 410 g/mol. The highest BCUT2D eigenvalue weighted by atomic mass is 35.5. The van der Waals surface area contributed by atoms with Gasteiger partial charge in [-0.25, -0.2) is 0 Å². The molecule has 1 aromatic carbocycles. The number of hydrogen-bond donors (Lipinski definition) is 2. The summed E-state index contributed by atoms with van der Waals surface area (Å²) < 4.78 is 10.9. The predicted octanol–water partition coefficient (Wildman–Crippen LogP) is 3.43. The zero-order chi connectivity index (χ0) is 19.1. The van der Waals surface area contributed by atoms with Gasteiger partial charge >= 0.3 is 0 Å². The first-order chi connectivity index (χ1) is 13.2. The van der Waals surface area contributed by atoms with Crippen LogP contribution in [0.3, 0.4) is 0 Å². The van der Waals surface area contributed by atoms with Gasteiger partial charge in [0.2, 0.25) is 5.91 Å². The minimum Gasteiger partial charge on any atom is -0.379 e. The van der Waals surface area contributed by atoms with Gasteiger partial charge in [-0.1, -0.05) is 30.7 Å². The number of hydrogen-bond acceptors (Lipinski definition) is 4. The number of carbonyl (C=O) groups excluding carboxylic acids is 1. The van der Waals surface area contributed by atoms with Crippen molar-refractivity contribution in [1.82, 2.24) is 5.32 Å². The molecule has 3 N–H and O–H groups in total. The van der Waals surface area contributed by atoms with Crippen LogP contribution in [0.1, 0.15) is 50.2 Å². The Labute approximate surface area is 175 Å². The fourth-order valence-electron chi connectivity index (χ4n) is 4.62.